The Labute approximate surface area is 98.7 Å². The van der Waals surface area contributed by atoms with Crippen molar-refractivity contribution in [1.29, 1.82) is 0 Å². The number of nitrogens with zero attached hydrogens (tertiary/aromatic N) is 1. The lowest BCUT2D eigenvalue weighted by molar-refractivity contribution is -0.141. The summed E-state index contributed by atoms with van der Waals surface area (Å²) in [5.74, 6) is 0.395. The van der Waals surface area contributed by atoms with E-state index in [2.05, 4.69) is 24.8 Å². The van der Waals surface area contributed by atoms with Crippen LogP contribution in [0.5, 0.6) is 0 Å². The highest BCUT2D eigenvalue weighted by atomic mass is 16.2. The number of carbonyl (C=O) groups excluding carboxylic acids is 1. The van der Waals surface area contributed by atoms with E-state index in [1.807, 2.05) is 0 Å². The van der Waals surface area contributed by atoms with Gasteiger partial charge in [0.1, 0.15) is 0 Å². The molecule has 1 heterocycles. The third kappa shape index (κ3) is 2.16. The van der Waals surface area contributed by atoms with Gasteiger partial charge in [0, 0.05) is 13.1 Å². The van der Waals surface area contributed by atoms with Gasteiger partial charge in [0.05, 0.1) is 5.41 Å². The summed E-state index contributed by atoms with van der Waals surface area (Å²) >= 11 is 0. The minimum atomic E-state index is -0.122. The maximum atomic E-state index is 12.5. The van der Waals surface area contributed by atoms with Crippen LogP contribution in [0.25, 0.3) is 0 Å². The normalized spacial score (nSPS) is 30.4. The second-order valence-corrected chi connectivity index (χ2v) is 5.51. The number of amides is 1. The van der Waals surface area contributed by atoms with E-state index >= 15 is 0 Å². The summed E-state index contributed by atoms with van der Waals surface area (Å²) in [6, 6.07) is 0. The predicted octanol–water partition coefficient (Wildman–Crippen LogP) is 3.14. The van der Waals surface area contributed by atoms with Gasteiger partial charge >= 0.3 is 0 Å². The molecule has 0 bridgehead atoms. The molecule has 1 amide bonds. The van der Waals surface area contributed by atoms with E-state index in [1.54, 1.807) is 0 Å². The smallest absolute Gasteiger partial charge is 0.229 e. The maximum absolute atomic E-state index is 12.5. The Bertz CT molecular complexity index is 302. The summed E-state index contributed by atoms with van der Waals surface area (Å²) in [6.45, 7) is 6.29. The number of rotatable bonds is 2. The van der Waals surface area contributed by atoms with Crippen LogP contribution >= 0.6 is 0 Å². The van der Waals surface area contributed by atoms with Crippen LogP contribution in [-0.4, -0.2) is 23.9 Å². The Hall–Kier alpha value is -0.790. The summed E-state index contributed by atoms with van der Waals surface area (Å²) in [7, 11) is 0. The van der Waals surface area contributed by atoms with E-state index in [-0.39, 0.29) is 5.41 Å². The van der Waals surface area contributed by atoms with Gasteiger partial charge in [-0.25, -0.2) is 0 Å². The molecule has 1 atom stereocenters. The summed E-state index contributed by atoms with van der Waals surface area (Å²) in [5, 5.41) is 0. The van der Waals surface area contributed by atoms with Crippen LogP contribution in [0.3, 0.4) is 0 Å². The first-order valence-electron chi connectivity index (χ1n) is 6.63. The van der Waals surface area contributed by atoms with Crippen molar-refractivity contribution in [1.82, 2.24) is 4.90 Å². The van der Waals surface area contributed by atoms with Gasteiger partial charge in [0.25, 0.3) is 0 Å². The highest BCUT2D eigenvalue weighted by molar-refractivity contribution is 5.83. The first kappa shape index (κ1) is 11.7. The standard InChI is InChI=1S/C14H23NO/c1-3-12-7-8-14(2,11-12)13(16)15-9-5-4-6-10-15/h7H,3-6,8-11H2,1-2H3. The second kappa shape index (κ2) is 4.60. The predicted molar refractivity (Wildman–Crippen MR) is 66.1 cm³/mol. The SMILES string of the molecule is CCC1=CCC(C)(C(=O)N2CCCCC2)C1. The van der Waals surface area contributed by atoms with Crippen molar-refractivity contribution in [3.63, 3.8) is 0 Å². The van der Waals surface area contributed by atoms with Crippen molar-refractivity contribution in [3.8, 4) is 0 Å². The largest absolute Gasteiger partial charge is 0.342 e. The van der Waals surface area contributed by atoms with Crippen molar-refractivity contribution in [2.75, 3.05) is 13.1 Å². The zero-order valence-electron chi connectivity index (χ0n) is 10.6. The van der Waals surface area contributed by atoms with Crippen molar-refractivity contribution in [2.45, 2.75) is 52.4 Å². The number of allylic oxidation sites excluding steroid dienone is 2. The fraction of sp³-hybridized carbons (Fsp3) is 0.786. The van der Waals surface area contributed by atoms with E-state index in [9.17, 15) is 4.79 Å². The minimum Gasteiger partial charge on any atom is -0.342 e. The molecule has 1 aliphatic carbocycles. The highest BCUT2D eigenvalue weighted by Gasteiger charge is 2.39. The van der Waals surface area contributed by atoms with Gasteiger partial charge in [-0.15, -0.1) is 0 Å². The average molecular weight is 221 g/mol. The van der Waals surface area contributed by atoms with E-state index in [0.717, 1.165) is 32.4 Å². The van der Waals surface area contributed by atoms with Crippen molar-refractivity contribution in [2.24, 2.45) is 5.41 Å². The molecule has 0 saturated carbocycles. The maximum Gasteiger partial charge on any atom is 0.229 e. The summed E-state index contributed by atoms with van der Waals surface area (Å²) in [5.41, 5.74) is 1.34. The van der Waals surface area contributed by atoms with Crippen molar-refractivity contribution >= 4 is 5.91 Å². The Kier molecular flexibility index (Phi) is 3.36. The molecule has 2 nitrogen and oxygen atoms in total. The number of carbonyl (C=O) groups is 1. The zero-order valence-corrected chi connectivity index (χ0v) is 10.6. The average Bonchev–Trinajstić information content (AvgIpc) is 2.73. The lowest BCUT2D eigenvalue weighted by Gasteiger charge is -2.34. The first-order chi connectivity index (χ1) is 7.65. The van der Waals surface area contributed by atoms with E-state index in [1.165, 1.54) is 24.8 Å². The molecule has 0 spiro atoms. The van der Waals surface area contributed by atoms with Gasteiger partial charge < -0.3 is 4.90 Å². The molecular formula is C14H23NO. The minimum absolute atomic E-state index is 0.122. The molecule has 0 aromatic rings. The molecule has 0 N–H and O–H groups in total. The van der Waals surface area contributed by atoms with Crippen LogP contribution in [0.1, 0.15) is 52.4 Å². The van der Waals surface area contributed by atoms with Gasteiger partial charge in [0.15, 0.2) is 0 Å². The van der Waals surface area contributed by atoms with Crippen LogP contribution < -0.4 is 0 Å². The molecule has 1 fully saturated rings. The van der Waals surface area contributed by atoms with Gasteiger partial charge in [-0.1, -0.05) is 25.5 Å². The van der Waals surface area contributed by atoms with Gasteiger partial charge in [-0.3, -0.25) is 4.79 Å². The van der Waals surface area contributed by atoms with Crippen LogP contribution in [0.2, 0.25) is 0 Å². The molecule has 2 heteroatoms. The molecular weight excluding hydrogens is 198 g/mol. The molecule has 1 saturated heterocycles. The summed E-state index contributed by atoms with van der Waals surface area (Å²) < 4.78 is 0. The molecule has 90 valence electrons. The number of hydrogen-bond acceptors (Lipinski definition) is 1. The molecule has 16 heavy (non-hydrogen) atoms. The second-order valence-electron chi connectivity index (χ2n) is 5.51. The quantitative estimate of drug-likeness (QED) is 0.656. The Morgan fingerprint density at radius 2 is 2.06 bits per heavy atom. The van der Waals surface area contributed by atoms with Gasteiger partial charge in [-0.2, -0.15) is 0 Å². The van der Waals surface area contributed by atoms with Crippen LogP contribution in [-0.2, 0) is 4.79 Å². The Morgan fingerprint density at radius 1 is 1.38 bits per heavy atom. The third-order valence-corrected chi connectivity index (χ3v) is 4.07. The summed E-state index contributed by atoms with van der Waals surface area (Å²) in [6.07, 6.45) is 8.99. The Balaban J connectivity index is 1.99. The number of likely N-dealkylation sites (tertiary alicyclic amines) is 1. The first-order valence-corrected chi connectivity index (χ1v) is 6.63. The van der Waals surface area contributed by atoms with Crippen LogP contribution in [0, 0.1) is 5.41 Å². The monoisotopic (exact) mass is 221 g/mol. The molecule has 2 rings (SSSR count). The fourth-order valence-electron chi connectivity index (χ4n) is 2.93. The van der Waals surface area contributed by atoms with Gasteiger partial charge in [-0.05, 0) is 38.5 Å². The lowest BCUT2D eigenvalue weighted by Crippen LogP contribution is -2.44. The summed E-state index contributed by atoms with van der Waals surface area (Å²) in [4.78, 5) is 14.6. The third-order valence-electron chi connectivity index (χ3n) is 4.07. The van der Waals surface area contributed by atoms with Crippen LogP contribution in [0.15, 0.2) is 11.6 Å². The topological polar surface area (TPSA) is 20.3 Å². The highest BCUT2D eigenvalue weighted by Crippen LogP contribution is 2.40. The fourth-order valence-corrected chi connectivity index (χ4v) is 2.93. The molecule has 1 aliphatic heterocycles. The molecule has 1 unspecified atom stereocenters. The van der Waals surface area contributed by atoms with E-state index in [0.29, 0.717) is 5.91 Å². The van der Waals surface area contributed by atoms with Crippen molar-refractivity contribution in [3.05, 3.63) is 11.6 Å². The van der Waals surface area contributed by atoms with Gasteiger partial charge in [0.2, 0.25) is 5.91 Å². The van der Waals surface area contributed by atoms with E-state index < -0.39 is 0 Å². The molecule has 2 aliphatic rings. The number of piperidine rings is 1. The van der Waals surface area contributed by atoms with Crippen molar-refractivity contribution < 1.29 is 4.79 Å². The molecule has 0 aromatic carbocycles. The molecule has 0 aromatic heterocycles. The lowest BCUT2D eigenvalue weighted by atomic mass is 9.84. The Morgan fingerprint density at radius 3 is 2.62 bits per heavy atom. The number of hydrogen-bond donors (Lipinski definition) is 0. The van der Waals surface area contributed by atoms with E-state index in [4.69, 9.17) is 0 Å². The molecule has 0 radical (unpaired) electrons. The van der Waals surface area contributed by atoms with Crippen LogP contribution in [0.4, 0.5) is 0 Å². The zero-order chi connectivity index (χ0) is 11.6.